The molecule has 0 aliphatic heterocycles. The molecule has 1 atom stereocenters. The molecule has 0 bridgehead atoms. The van der Waals surface area contributed by atoms with Crippen molar-refractivity contribution in [1.82, 2.24) is 4.98 Å². The molecule has 2 N–H and O–H groups in total. The maximum atomic E-state index is 12.8. The number of aromatic nitrogens is 1. The van der Waals surface area contributed by atoms with Gasteiger partial charge in [0.25, 0.3) is 0 Å². The Morgan fingerprint density at radius 2 is 2.00 bits per heavy atom. The van der Waals surface area contributed by atoms with Crippen molar-refractivity contribution in [1.29, 1.82) is 0 Å². The fourth-order valence-electron chi connectivity index (χ4n) is 2.89. The third-order valence-electron chi connectivity index (χ3n) is 4.02. The predicted octanol–water partition coefficient (Wildman–Crippen LogP) is 4.03. The Balaban J connectivity index is 1.86. The molecule has 0 saturated heterocycles. The number of benzene rings is 1. The molecule has 1 aromatic heterocycles. The summed E-state index contributed by atoms with van der Waals surface area (Å²) in [5.74, 6) is 0. The first-order valence-corrected chi connectivity index (χ1v) is 7.34. The molecule has 22 heavy (non-hydrogen) atoms. The van der Waals surface area contributed by atoms with Crippen molar-refractivity contribution < 1.29 is 13.2 Å². The summed E-state index contributed by atoms with van der Waals surface area (Å²) in [5.41, 5.74) is 8.87. The van der Waals surface area contributed by atoms with Crippen LogP contribution in [0.4, 0.5) is 13.2 Å². The topological polar surface area (TPSA) is 38.9 Å². The average Bonchev–Trinajstić information content (AvgIpc) is 2.48. The van der Waals surface area contributed by atoms with E-state index in [0.29, 0.717) is 12.0 Å². The smallest absolute Gasteiger partial charge is 0.323 e. The molecular weight excluding hydrogens is 289 g/mol. The van der Waals surface area contributed by atoms with Crippen LogP contribution in [-0.4, -0.2) is 4.98 Å². The van der Waals surface area contributed by atoms with E-state index in [1.165, 1.54) is 12.1 Å². The second kappa shape index (κ2) is 5.72. The van der Waals surface area contributed by atoms with Crippen LogP contribution in [0.1, 0.15) is 47.0 Å². The van der Waals surface area contributed by atoms with Gasteiger partial charge in [-0.1, -0.05) is 24.3 Å². The lowest BCUT2D eigenvalue weighted by molar-refractivity contribution is -0.137. The van der Waals surface area contributed by atoms with E-state index in [-0.39, 0.29) is 6.04 Å². The quantitative estimate of drug-likeness (QED) is 0.910. The van der Waals surface area contributed by atoms with Gasteiger partial charge in [0.2, 0.25) is 0 Å². The number of alkyl halides is 3. The molecule has 1 unspecified atom stereocenters. The molecule has 0 saturated carbocycles. The Morgan fingerprint density at radius 1 is 1.18 bits per heavy atom. The number of aryl methyl sites for hydroxylation is 1. The third kappa shape index (κ3) is 3.14. The maximum absolute atomic E-state index is 12.8. The molecule has 116 valence electrons. The highest BCUT2D eigenvalue weighted by molar-refractivity contribution is 5.32. The van der Waals surface area contributed by atoms with Gasteiger partial charge in [-0.25, -0.2) is 0 Å². The van der Waals surface area contributed by atoms with Crippen LogP contribution in [-0.2, 0) is 19.0 Å². The van der Waals surface area contributed by atoms with Crippen molar-refractivity contribution in [3.8, 4) is 0 Å². The number of hydrogen-bond donors (Lipinski definition) is 1. The van der Waals surface area contributed by atoms with E-state index < -0.39 is 11.7 Å². The van der Waals surface area contributed by atoms with Crippen LogP contribution >= 0.6 is 0 Å². The fraction of sp³-hybridized carbons (Fsp3) is 0.353. The first-order chi connectivity index (χ1) is 10.4. The summed E-state index contributed by atoms with van der Waals surface area (Å²) >= 11 is 0. The highest BCUT2D eigenvalue weighted by Crippen LogP contribution is 2.30. The monoisotopic (exact) mass is 306 g/mol. The summed E-state index contributed by atoms with van der Waals surface area (Å²) < 4.78 is 38.3. The van der Waals surface area contributed by atoms with Gasteiger partial charge in [-0.15, -0.1) is 0 Å². The minimum absolute atomic E-state index is 0.0646. The molecule has 1 aromatic carbocycles. The van der Waals surface area contributed by atoms with Crippen LogP contribution in [0.2, 0.25) is 0 Å². The summed E-state index contributed by atoms with van der Waals surface area (Å²) in [6, 6.07) is 9.21. The van der Waals surface area contributed by atoms with E-state index in [9.17, 15) is 13.2 Å². The lowest BCUT2D eigenvalue weighted by atomic mass is 9.92. The van der Waals surface area contributed by atoms with Gasteiger partial charge in [0.05, 0.1) is 11.3 Å². The first-order valence-electron chi connectivity index (χ1n) is 7.34. The Morgan fingerprint density at radius 3 is 2.77 bits per heavy atom. The molecule has 2 aromatic rings. The number of halogens is 3. The summed E-state index contributed by atoms with van der Waals surface area (Å²) in [6.45, 7) is 0. The summed E-state index contributed by atoms with van der Waals surface area (Å²) in [7, 11) is 0. The van der Waals surface area contributed by atoms with E-state index in [1.54, 1.807) is 6.07 Å². The molecule has 1 heterocycles. The third-order valence-corrected chi connectivity index (χ3v) is 4.02. The van der Waals surface area contributed by atoms with Crippen molar-refractivity contribution in [2.24, 2.45) is 5.73 Å². The highest BCUT2D eigenvalue weighted by Gasteiger charge is 2.30. The second-order valence-corrected chi connectivity index (χ2v) is 5.72. The number of pyridine rings is 1. The number of fused-ring (bicyclic) bond motifs is 1. The van der Waals surface area contributed by atoms with Crippen molar-refractivity contribution >= 4 is 0 Å². The summed E-state index contributed by atoms with van der Waals surface area (Å²) in [6.07, 6.45) is -0.999. The number of rotatable bonds is 2. The Labute approximate surface area is 127 Å². The van der Waals surface area contributed by atoms with E-state index in [4.69, 9.17) is 5.73 Å². The van der Waals surface area contributed by atoms with Gasteiger partial charge in [-0.05, 0) is 42.5 Å². The first kappa shape index (κ1) is 15.0. The zero-order chi connectivity index (χ0) is 15.7. The van der Waals surface area contributed by atoms with Crippen LogP contribution in [0.3, 0.4) is 0 Å². The predicted molar refractivity (Wildman–Crippen MR) is 78.4 cm³/mol. The van der Waals surface area contributed by atoms with Crippen LogP contribution in [0.15, 0.2) is 36.4 Å². The van der Waals surface area contributed by atoms with Gasteiger partial charge in [0, 0.05) is 18.2 Å². The molecule has 1 aliphatic rings. The number of nitrogens with zero attached hydrogens (tertiary/aromatic N) is 1. The zero-order valence-corrected chi connectivity index (χ0v) is 12.0. The average molecular weight is 306 g/mol. The molecule has 1 aliphatic carbocycles. The maximum Gasteiger partial charge on any atom is 0.416 e. The Hall–Kier alpha value is -1.88. The van der Waals surface area contributed by atoms with Gasteiger partial charge < -0.3 is 5.73 Å². The van der Waals surface area contributed by atoms with Crippen LogP contribution in [0, 0.1) is 0 Å². The van der Waals surface area contributed by atoms with Gasteiger partial charge in [-0.3, -0.25) is 4.98 Å². The minimum Gasteiger partial charge on any atom is -0.323 e. The molecular formula is C17H17F3N2. The van der Waals surface area contributed by atoms with Crippen molar-refractivity contribution in [3.05, 3.63) is 64.5 Å². The Kier molecular flexibility index (Phi) is 3.91. The zero-order valence-electron chi connectivity index (χ0n) is 12.0. The van der Waals surface area contributed by atoms with Gasteiger partial charge in [0.15, 0.2) is 0 Å². The van der Waals surface area contributed by atoms with Crippen LogP contribution < -0.4 is 5.73 Å². The minimum atomic E-state index is -4.32. The molecule has 5 heteroatoms. The Bertz CT molecular complexity index is 680. The summed E-state index contributed by atoms with van der Waals surface area (Å²) in [4.78, 5) is 4.58. The SMILES string of the molecule is NC1CCCc2ccc(Cc3cccc(C(F)(F)F)c3)nc21. The fourth-order valence-corrected chi connectivity index (χ4v) is 2.89. The van der Waals surface area contributed by atoms with Gasteiger partial charge in [0.1, 0.15) is 0 Å². The van der Waals surface area contributed by atoms with E-state index in [2.05, 4.69) is 4.98 Å². The van der Waals surface area contributed by atoms with Crippen molar-refractivity contribution in [2.45, 2.75) is 37.9 Å². The standard InChI is InChI=1S/C17H17F3N2/c18-17(19,20)13-5-1-3-11(9-13)10-14-8-7-12-4-2-6-15(21)16(12)22-14/h1,3,5,7-9,15H,2,4,6,10,21H2. The largest absolute Gasteiger partial charge is 0.416 e. The van der Waals surface area contributed by atoms with Crippen molar-refractivity contribution in [3.63, 3.8) is 0 Å². The summed E-state index contributed by atoms with van der Waals surface area (Å²) in [5, 5.41) is 0. The molecule has 2 nitrogen and oxygen atoms in total. The molecule has 0 fully saturated rings. The van der Waals surface area contributed by atoms with E-state index in [0.717, 1.165) is 42.3 Å². The van der Waals surface area contributed by atoms with Gasteiger partial charge >= 0.3 is 6.18 Å². The molecule has 0 spiro atoms. The lowest BCUT2D eigenvalue weighted by Gasteiger charge is -2.21. The highest BCUT2D eigenvalue weighted by atomic mass is 19.4. The lowest BCUT2D eigenvalue weighted by Crippen LogP contribution is -2.19. The molecule has 0 radical (unpaired) electrons. The normalized spacial score (nSPS) is 18.1. The molecule has 0 amide bonds. The van der Waals surface area contributed by atoms with Crippen LogP contribution in [0.5, 0.6) is 0 Å². The van der Waals surface area contributed by atoms with E-state index in [1.807, 2.05) is 12.1 Å². The van der Waals surface area contributed by atoms with Crippen molar-refractivity contribution in [2.75, 3.05) is 0 Å². The van der Waals surface area contributed by atoms with E-state index >= 15 is 0 Å². The number of nitrogens with two attached hydrogens (primary N) is 1. The van der Waals surface area contributed by atoms with Crippen LogP contribution in [0.25, 0.3) is 0 Å². The molecule has 3 rings (SSSR count). The number of hydrogen-bond acceptors (Lipinski definition) is 2. The second-order valence-electron chi connectivity index (χ2n) is 5.72. The van der Waals surface area contributed by atoms with Gasteiger partial charge in [-0.2, -0.15) is 13.2 Å².